The van der Waals surface area contributed by atoms with Crippen molar-refractivity contribution in [3.05, 3.63) is 30.3 Å². The van der Waals surface area contributed by atoms with Gasteiger partial charge in [0.1, 0.15) is 6.04 Å². The molecule has 1 N–H and O–H groups in total. The van der Waals surface area contributed by atoms with E-state index in [-0.39, 0.29) is 5.41 Å². The van der Waals surface area contributed by atoms with Crippen molar-refractivity contribution in [1.29, 1.82) is 0 Å². The first-order chi connectivity index (χ1) is 9.28. The zero-order chi connectivity index (χ0) is 15.2. The average Bonchev–Trinajstić information content (AvgIpc) is 2.36. The molecule has 5 nitrogen and oxygen atoms in total. The van der Waals surface area contributed by atoms with E-state index in [1.165, 1.54) is 0 Å². The van der Waals surface area contributed by atoms with Crippen LogP contribution in [0.4, 0.5) is 0 Å². The van der Waals surface area contributed by atoms with Gasteiger partial charge >= 0.3 is 14.1 Å². The molecule has 0 aliphatic heterocycles. The Balaban J connectivity index is 2.39. The lowest BCUT2D eigenvalue weighted by atomic mass is 9.99. The molecular weight excluding hydrogens is 277 g/mol. The van der Waals surface area contributed by atoms with Crippen molar-refractivity contribution in [3.63, 3.8) is 0 Å². The van der Waals surface area contributed by atoms with Crippen LogP contribution in [0, 0.1) is 5.41 Å². The second-order valence-electron chi connectivity index (χ2n) is 5.68. The largest absolute Gasteiger partial charge is 0.664 e. The fourth-order valence-electron chi connectivity index (χ4n) is 1.23. The van der Waals surface area contributed by atoms with Crippen LogP contribution in [-0.4, -0.2) is 18.6 Å². The molecule has 0 spiro atoms. The van der Waals surface area contributed by atoms with Crippen molar-refractivity contribution in [2.24, 2.45) is 5.41 Å². The number of benzene rings is 1. The predicted octanol–water partition coefficient (Wildman–Crippen LogP) is 3.29. The highest BCUT2D eigenvalue weighted by Crippen LogP contribution is 2.23. The Bertz CT molecular complexity index is 456. The van der Waals surface area contributed by atoms with Gasteiger partial charge in [-0.15, -0.1) is 0 Å². The predicted molar refractivity (Wildman–Crippen MR) is 77.7 cm³/mol. The number of esters is 1. The van der Waals surface area contributed by atoms with Gasteiger partial charge in [0, 0.05) is 4.57 Å². The normalized spacial score (nSPS) is 13.5. The van der Waals surface area contributed by atoms with Crippen LogP contribution in [0.3, 0.4) is 0 Å². The summed E-state index contributed by atoms with van der Waals surface area (Å²) < 4.78 is 22.0. The van der Waals surface area contributed by atoms with E-state index in [2.05, 4.69) is 5.09 Å². The van der Waals surface area contributed by atoms with Gasteiger partial charge in [-0.25, -0.2) is 4.52 Å². The van der Waals surface area contributed by atoms with Crippen LogP contribution in [0.25, 0.3) is 0 Å². The average molecular weight is 298 g/mol. The third-order valence-electron chi connectivity index (χ3n) is 2.23. The summed E-state index contributed by atoms with van der Waals surface area (Å²) in [6.45, 7) is 7.81. The Morgan fingerprint density at radius 2 is 1.90 bits per heavy atom. The Labute approximate surface area is 120 Å². The molecule has 1 rings (SSSR count). The third-order valence-corrected chi connectivity index (χ3v) is 3.21. The molecule has 0 aromatic heterocycles. The van der Waals surface area contributed by atoms with Crippen LogP contribution < -0.4 is 9.61 Å². The number of rotatable bonds is 6. The van der Waals surface area contributed by atoms with Crippen LogP contribution in [0.2, 0.25) is 0 Å². The molecule has 6 heteroatoms. The van der Waals surface area contributed by atoms with Gasteiger partial charge in [-0.2, -0.15) is 0 Å². The Morgan fingerprint density at radius 1 is 1.30 bits per heavy atom. The Morgan fingerprint density at radius 3 is 2.45 bits per heavy atom. The van der Waals surface area contributed by atoms with Crippen molar-refractivity contribution in [2.75, 3.05) is 6.61 Å². The van der Waals surface area contributed by atoms with E-state index in [1.807, 2.05) is 26.8 Å². The summed E-state index contributed by atoms with van der Waals surface area (Å²) in [6.07, 6.45) is 0. The molecule has 0 heterocycles. The molecular formula is C14H21NO4P+. The summed E-state index contributed by atoms with van der Waals surface area (Å²) in [4.78, 5) is 11.7. The molecule has 0 bridgehead atoms. The highest BCUT2D eigenvalue weighted by molar-refractivity contribution is 7.37. The Hall–Kier alpha value is -1.45. The van der Waals surface area contributed by atoms with Gasteiger partial charge in [-0.3, -0.25) is 4.79 Å². The van der Waals surface area contributed by atoms with Crippen LogP contribution in [0.5, 0.6) is 5.75 Å². The standard InChI is InChI=1S/C14H21NO4P/c1-11(13(16)18-10-14(2,3)4)15-20(17)19-12-8-6-5-7-9-12/h5-9,11H,10H2,1-4H3,(H,15,17)/q+1. The number of nitrogens with one attached hydrogen (secondary N) is 1. The minimum atomic E-state index is -2.17. The first-order valence-electron chi connectivity index (χ1n) is 6.41. The zero-order valence-electron chi connectivity index (χ0n) is 12.3. The lowest BCUT2D eigenvalue weighted by molar-refractivity contribution is -0.147. The van der Waals surface area contributed by atoms with Gasteiger partial charge in [-0.1, -0.05) is 44.1 Å². The number of para-hydroxylation sites is 1. The van der Waals surface area contributed by atoms with Crippen molar-refractivity contribution in [3.8, 4) is 5.75 Å². The highest BCUT2D eigenvalue weighted by atomic mass is 31.1. The first kappa shape index (κ1) is 16.6. The van der Waals surface area contributed by atoms with Gasteiger partial charge in [0.15, 0.2) is 5.75 Å². The lowest BCUT2D eigenvalue weighted by Crippen LogP contribution is -2.33. The highest BCUT2D eigenvalue weighted by Gasteiger charge is 2.29. The minimum Gasteiger partial charge on any atom is -0.464 e. The number of ether oxygens (including phenoxy) is 1. The van der Waals surface area contributed by atoms with Gasteiger partial charge in [-0.05, 0) is 24.5 Å². The maximum absolute atomic E-state index is 11.7. The lowest BCUT2D eigenvalue weighted by Gasteiger charge is -2.18. The molecule has 1 aromatic rings. The number of carbonyl (C=O) groups excluding carboxylic acids is 1. The molecule has 0 fully saturated rings. The fraction of sp³-hybridized carbons (Fsp3) is 0.500. The SMILES string of the molecule is CC(N[P+](=O)Oc1ccccc1)C(=O)OCC(C)(C)C. The van der Waals surface area contributed by atoms with Gasteiger partial charge in [0.2, 0.25) is 0 Å². The summed E-state index contributed by atoms with van der Waals surface area (Å²) in [5.41, 5.74) is -0.0991. The number of hydrogen-bond donors (Lipinski definition) is 1. The second-order valence-corrected chi connectivity index (χ2v) is 6.64. The van der Waals surface area contributed by atoms with E-state index in [0.717, 1.165) is 0 Å². The van der Waals surface area contributed by atoms with Crippen molar-refractivity contribution in [1.82, 2.24) is 5.09 Å². The van der Waals surface area contributed by atoms with Crippen molar-refractivity contribution < 1.29 is 18.6 Å². The second kappa shape index (κ2) is 7.36. The van der Waals surface area contributed by atoms with E-state index in [4.69, 9.17) is 9.26 Å². The molecule has 0 aliphatic rings. The van der Waals surface area contributed by atoms with Crippen LogP contribution in [-0.2, 0) is 14.1 Å². The summed E-state index contributed by atoms with van der Waals surface area (Å²) in [5.74, 6) is 0.0382. The fourth-order valence-corrected chi connectivity index (χ4v) is 2.01. The van der Waals surface area contributed by atoms with Crippen molar-refractivity contribution >= 4 is 14.1 Å². The van der Waals surface area contributed by atoms with E-state index in [9.17, 15) is 9.36 Å². The molecule has 20 heavy (non-hydrogen) atoms. The molecule has 1 aromatic carbocycles. The summed E-state index contributed by atoms with van der Waals surface area (Å²) in [7, 11) is -2.17. The molecule has 0 amide bonds. The van der Waals surface area contributed by atoms with Crippen LogP contribution >= 0.6 is 8.18 Å². The monoisotopic (exact) mass is 298 g/mol. The van der Waals surface area contributed by atoms with Gasteiger partial charge in [0.25, 0.3) is 0 Å². The summed E-state index contributed by atoms with van der Waals surface area (Å²) in [6, 6.07) is 8.08. The Kier molecular flexibility index (Phi) is 6.11. The molecule has 0 saturated carbocycles. The van der Waals surface area contributed by atoms with E-state index >= 15 is 0 Å². The minimum absolute atomic E-state index is 0.0991. The molecule has 0 aliphatic carbocycles. The smallest absolute Gasteiger partial charge is 0.464 e. The van der Waals surface area contributed by atoms with E-state index in [1.54, 1.807) is 31.2 Å². The zero-order valence-corrected chi connectivity index (χ0v) is 13.1. The molecule has 2 atom stereocenters. The third kappa shape index (κ3) is 6.64. The van der Waals surface area contributed by atoms with Gasteiger partial charge < -0.3 is 4.74 Å². The molecule has 2 unspecified atom stereocenters. The molecule has 0 radical (unpaired) electrons. The quantitative estimate of drug-likeness (QED) is 0.645. The van der Waals surface area contributed by atoms with Gasteiger partial charge in [0.05, 0.1) is 6.61 Å². The molecule has 110 valence electrons. The van der Waals surface area contributed by atoms with Crippen LogP contribution in [0.15, 0.2) is 30.3 Å². The molecule has 0 saturated heterocycles. The topological polar surface area (TPSA) is 64.6 Å². The summed E-state index contributed by atoms with van der Waals surface area (Å²) >= 11 is 0. The van der Waals surface area contributed by atoms with Crippen molar-refractivity contribution in [2.45, 2.75) is 33.7 Å². The van der Waals surface area contributed by atoms with Crippen LogP contribution in [0.1, 0.15) is 27.7 Å². The van der Waals surface area contributed by atoms with E-state index in [0.29, 0.717) is 12.4 Å². The number of hydrogen-bond acceptors (Lipinski definition) is 4. The number of carbonyl (C=O) groups is 1. The maximum atomic E-state index is 11.7. The summed E-state index contributed by atoms with van der Waals surface area (Å²) in [5, 5.41) is 2.58. The first-order valence-corrected chi connectivity index (χ1v) is 7.59. The maximum Gasteiger partial charge on any atom is 0.664 e. The van der Waals surface area contributed by atoms with E-state index < -0.39 is 20.2 Å².